The predicted molar refractivity (Wildman–Crippen MR) is 80.8 cm³/mol. The molecule has 0 aliphatic heterocycles. The van der Waals surface area contributed by atoms with Gasteiger partial charge in [0.05, 0.1) is 20.8 Å². The van der Waals surface area contributed by atoms with Gasteiger partial charge < -0.3 is 19.3 Å². The number of hydrogen-bond acceptors (Lipinski definition) is 4. The SMILES string of the molecule is COCc1cccc(C(O)c2cc(OC)ccc2OC)c1. The van der Waals surface area contributed by atoms with Gasteiger partial charge in [-0.15, -0.1) is 0 Å². The van der Waals surface area contributed by atoms with E-state index in [1.54, 1.807) is 39.5 Å². The van der Waals surface area contributed by atoms with Crippen LogP contribution in [0.4, 0.5) is 0 Å². The van der Waals surface area contributed by atoms with Crippen LogP contribution in [0.2, 0.25) is 0 Å². The second kappa shape index (κ2) is 7.11. The summed E-state index contributed by atoms with van der Waals surface area (Å²) in [5.41, 5.74) is 2.47. The highest BCUT2D eigenvalue weighted by atomic mass is 16.5. The van der Waals surface area contributed by atoms with Gasteiger partial charge in [0.2, 0.25) is 0 Å². The van der Waals surface area contributed by atoms with Gasteiger partial charge in [-0.25, -0.2) is 0 Å². The Morgan fingerprint density at radius 2 is 1.81 bits per heavy atom. The van der Waals surface area contributed by atoms with Crippen LogP contribution >= 0.6 is 0 Å². The van der Waals surface area contributed by atoms with Gasteiger partial charge in [0.1, 0.15) is 17.6 Å². The standard InChI is InChI=1S/C17H20O4/c1-19-11-12-5-4-6-13(9-12)17(18)15-10-14(20-2)7-8-16(15)21-3/h4-10,17-18H,11H2,1-3H3. The van der Waals surface area contributed by atoms with Gasteiger partial charge in [-0.2, -0.15) is 0 Å². The molecule has 0 fully saturated rings. The summed E-state index contributed by atoms with van der Waals surface area (Å²) in [6.45, 7) is 0.510. The van der Waals surface area contributed by atoms with Crippen molar-refractivity contribution >= 4 is 0 Å². The molecule has 0 radical (unpaired) electrons. The maximum Gasteiger partial charge on any atom is 0.125 e. The molecule has 0 spiro atoms. The van der Waals surface area contributed by atoms with Crippen molar-refractivity contribution in [3.63, 3.8) is 0 Å². The number of rotatable bonds is 6. The molecular formula is C17H20O4. The van der Waals surface area contributed by atoms with Crippen LogP contribution in [0.1, 0.15) is 22.8 Å². The summed E-state index contributed by atoms with van der Waals surface area (Å²) < 4.78 is 15.7. The van der Waals surface area contributed by atoms with E-state index in [4.69, 9.17) is 14.2 Å². The van der Waals surface area contributed by atoms with Crippen LogP contribution in [0.25, 0.3) is 0 Å². The number of methoxy groups -OCH3 is 3. The highest BCUT2D eigenvalue weighted by Gasteiger charge is 2.17. The number of aliphatic hydroxyl groups excluding tert-OH is 1. The Balaban J connectivity index is 2.38. The number of aliphatic hydroxyl groups is 1. The molecule has 21 heavy (non-hydrogen) atoms. The molecule has 4 heteroatoms. The Labute approximate surface area is 124 Å². The minimum Gasteiger partial charge on any atom is -0.497 e. The lowest BCUT2D eigenvalue weighted by molar-refractivity contribution is 0.184. The summed E-state index contributed by atoms with van der Waals surface area (Å²) in [7, 11) is 4.82. The summed E-state index contributed by atoms with van der Waals surface area (Å²) in [5.74, 6) is 1.30. The molecule has 112 valence electrons. The third-order valence-electron chi connectivity index (χ3n) is 3.31. The average molecular weight is 288 g/mol. The highest BCUT2D eigenvalue weighted by molar-refractivity contribution is 5.45. The summed E-state index contributed by atoms with van der Waals surface area (Å²) in [6.07, 6.45) is -0.785. The monoisotopic (exact) mass is 288 g/mol. The summed E-state index contributed by atoms with van der Waals surface area (Å²) in [6, 6.07) is 13.0. The zero-order valence-corrected chi connectivity index (χ0v) is 12.5. The third kappa shape index (κ3) is 3.54. The lowest BCUT2D eigenvalue weighted by Gasteiger charge is -2.17. The maximum absolute atomic E-state index is 10.6. The van der Waals surface area contributed by atoms with Crippen molar-refractivity contribution < 1.29 is 19.3 Å². The molecule has 0 saturated heterocycles. The molecular weight excluding hydrogens is 268 g/mol. The van der Waals surface area contributed by atoms with Gasteiger partial charge in [0.25, 0.3) is 0 Å². The van der Waals surface area contributed by atoms with Crippen LogP contribution in [0.15, 0.2) is 42.5 Å². The Bertz CT molecular complexity index is 595. The minimum absolute atomic E-state index is 0.510. The van der Waals surface area contributed by atoms with E-state index >= 15 is 0 Å². The van der Waals surface area contributed by atoms with Crippen LogP contribution in [-0.2, 0) is 11.3 Å². The first kappa shape index (κ1) is 15.4. The van der Waals surface area contributed by atoms with Gasteiger partial charge in [-0.05, 0) is 29.3 Å². The Morgan fingerprint density at radius 3 is 2.48 bits per heavy atom. The van der Waals surface area contributed by atoms with Crippen LogP contribution in [0.3, 0.4) is 0 Å². The van der Waals surface area contributed by atoms with Crippen LogP contribution < -0.4 is 9.47 Å². The van der Waals surface area contributed by atoms with E-state index in [1.165, 1.54) is 0 Å². The van der Waals surface area contributed by atoms with E-state index in [9.17, 15) is 5.11 Å². The summed E-state index contributed by atoms with van der Waals surface area (Å²) in [5, 5.41) is 10.6. The third-order valence-corrected chi connectivity index (χ3v) is 3.31. The Hall–Kier alpha value is -2.04. The zero-order valence-electron chi connectivity index (χ0n) is 12.5. The summed E-state index contributed by atoms with van der Waals surface area (Å²) >= 11 is 0. The van der Waals surface area contributed by atoms with Crippen molar-refractivity contribution in [2.45, 2.75) is 12.7 Å². The van der Waals surface area contributed by atoms with E-state index < -0.39 is 6.10 Å². The van der Waals surface area contributed by atoms with Gasteiger partial charge >= 0.3 is 0 Å². The van der Waals surface area contributed by atoms with Gasteiger partial charge in [-0.1, -0.05) is 24.3 Å². The molecule has 0 aromatic heterocycles. The molecule has 0 heterocycles. The minimum atomic E-state index is -0.785. The summed E-state index contributed by atoms with van der Waals surface area (Å²) in [4.78, 5) is 0. The van der Waals surface area contributed by atoms with Crippen LogP contribution in [-0.4, -0.2) is 26.4 Å². The normalized spacial score (nSPS) is 12.0. The molecule has 0 bridgehead atoms. The first-order chi connectivity index (χ1) is 10.2. The molecule has 0 aliphatic carbocycles. The lowest BCUT2D eigenvalue weighted by atomic mass is 9.99. The molecule has 2 aromatic carbocycles. The average Bonchev–Trinajstić information content (AvgIpc) is 2.54. The number of benzene rings is 2. The second-order valence-electron chi connectivity index (χ2n) is 4.69. The van der Waals surface area contributed by atoms with Crippen molar-refractivity contribution in [3.05, 3.63) is 59.2 Å². The quantitative estimate of drug-likeness (QED) is 0.888. The van der Waals surface area contributed by atoms with Crippen molar-refractivity contribution in [1.82, 2.24) is 0 Å². The van der Waals surface area contributed by atoms with E-state index in [2.05, 4.69) is 0 Å². The molecule has 2 rings (SSSR count). The molecule has 1 N–H and O–H groups in total. The highest BCUT2D eigenvalue weighted by Crippen LogP contribution is 2.33. The Morgan fingerprint density at radius 1 is 1.00 bits per heavy atom. The van der Waals surface area contributed by atoms with Crippen LogP contribution in [0.5, 0.6) is 11.5 Å². The fourth-order valence-corrected chi connectivity index (χ4v) is 2.25. The first-order valence-electron chi connectivity index (χ1n) is 6.67. The van der Waals surface area contributed by atoms with E-state index in [0.29, 0.717) is 23.7 Å². The van der Waals surface area contributed by atoms with Crippen molar-refractivity contribution in [2.75, 3.05) is 21.3 Å². The number of hydrogen-bond donors (Lipinski definition) is 1. The zero-order chi connectivity index (χ0) is 15.2. The van der Waals surface area contributed by atoms with Gasteiger partial charge in [0, 0.05) is 12.7 Å². The van der Waals surface area contributed by atoms with Gasteiger partial charge in [0.15, 0.2) is 0 Å². The first-order valence-corrected chi connectivity index (χ1v) is 6.67. The fourth-order valence-electron chi connectivity index (χ4n) is 2.25. The van der Waals surface area contributed by atoms with Crippen molar-refractivity contribution in [1.29, 1.82) is 0 Å². The molecule has 1 unspecified atom stereocenters. The van der Waals surface area contributed by atoms with Crippen molar-refractivity contribution in [3.8, 4) is 11.5 Å². The van der Waals surface area contributed by atoms with Gasteiger partial charge in [-0.3, -0.25) is 0 Å². The molecule has 0 aliphatic rings. The molecule has 0 amide bonds. The molecule has 2 aromatic rings. The predicted octanol–water partition coefficient (Wildman–Crippen LogP) is 2.93. The lowest BCUT2D eigenvalue weighted by Crippen LogP contribution is -2.04. The number of ether oxygens (including phenoxy) is 3. The largest absolute Gasteiger partial charge is 0.497 e. The van der Waals surface area contributed by atoms with Crippen molar-refractivity contribution in [2.24, 2.45) is 0 Å². The fraction of sp³-hybridized carbons (Fsp3) is 0.294. The van der Waals surface area contributed by atoms with E-state index in [1.807, 2.05) is 24.3 Å². The Kier molecular flexibility index (Phi) is 5.20. The van der Waals surface area contributed by atoms with Crippen LogP contribution in [0, 0.1) is 0 Å². The molecule has 1 atom stereocenters. The smallest absolute Gasteiger partial charge is 0.125 e. The maximum atomic E-state index is 10.6. The molecule has 4 nitrogen and oxygen atoms in total. The topological polar surface area (TPSA) is 47.9 Å². The second-order valence-corrected chi connectivity index (χ2v) is 4.69. The van der Waals surface area contributed by atoms with E-state index in [-0.39, 0.29) is 0 Å². The molecule has 0 saturated carbocycles. The van der Waals surface area contributed by atoms with E-state index in [0.717, 1.165) is 11.1 Å².